The normalized spacial score (nSPS) is 16.2. The van der Waals surface area contributed by atoms with Gasteiger partial charge < -0.3 is 19.7 Å². The highest BCUT2D eigenvalue weighted by Gasteiger charge is 2.24. The number of nitrogens with zero attached hydrogens (tertiary/aromatic N) is 1. The summed E-state index contributed by atoms with van der Waals surface area (Å²) in [5, 5.41) is 2.79. The average Bonchev–Trinajstić information content (AvgIpc) is 3.12. The minimum Gasteiger partial charge on any atom is -0.467 e. The maximum atomic E-state index is 13.8. The fourth-order valence-electron chi connectivity index (χ4n) is 3.39. The van der Waals surface area contributed by atoms with E-state index in [-0.39, 0.29) is 25.2 Å². The van der Waals surface area contributed by atoms with Crippen LogP contribution in [0.2, 0.25) is 0 Å². The molecule has 2 aliphatic rings. The molecule has 2 aromatic rings. The lowest BCUT2D eigenvalue weighted by molar-refractivity contribution is -0.117. The van der Waals surface area contributed by atoms with Gasteiger partial charge in [-0.1, -0.05) is 12.1 Å². The highest BCUT2D eigenvalue weighted by Crippen LogP contribution is 2.31. The molecular formula is C21H19FN2O4. The van der Waals surface area contributed by atoms with Crippen LogP contribution >= 0.6 is 0 Å². The third-order valence-corrected chi connectivity index (χ3v) is 4.64. The molecule has 0 spiro atoms. The molecule has 0 bridgehead atoms. The third-order valence-electron chi connectivity index (χ3n) is 4.64. The van der Waals surface area contributed by atoms with E-state index in [4.69, 9.17) is 9.47 Å². The number of hydrogen-bond acceptors (Lipinski definition) is 4. The van der Waals surface area contributed by atoms with Gasteiger partial charge in [-0.05, 0) is 36.8 Å². The number of para-hydroxylation sites is 2. The van der Waals surface area contributed by atoms with Crippen LogP contribution in [0.3, 0.4) is 0 Å². The molecule has 2 amide bonds. The largest absolute Gasteiger partial charge is 0.467 e. The molecule has 0 aliphatic carbocycles. The Morgan fingerprint density at radius 1 is 1.25 bits per heavy atom. The highest BCUT2D eigenvalue weighted by atomic mass is 19.1. The molecule has 2 heterocycles. The van der Waals surface area contributed by atoms with Crippen molar-refractivity contribution in [3.8, 4) is 5.75 Å². The predicted octanol–water partition coefficient (Wildman–Crippen LogP) is 3.47. The molecule has 1 N–H and O–H groups in total. The summed E-state index contributed by atoms with van der Waals surface area (Å²) in [6.45, 7) is 0.983. The molecule has 28 heavy (non-hydrogen) atoms. The van der Waals surface area contributed by atoms with Gasteiger partial charge in [-0.15, -0.1) is 0 Å². The summed E-state index contributed by atoms with van der Waals surface area (Å²) in [5.41, 5.74) is 2.30. The number of halogens is 1. The van der Waals surface area contributed by atoms with E-state index < -0.39 is 5.82 Å². The minimum absolute atomic E-state index is 0.0444. The smallest absolute Gasteiger partial charge is 0.248 e. The number of nitrogens with one attached hydrogen (secondary N) is 1. The number of fused-ring (bicyclic) bond motifs is 1. The Balaban J connectivity index is 1.53. The fraction of sp³-hybridized carbons (Fsp3) is 0.238. The first-order valence-electron chi connectivity index (χ1n) is 9.03. The molecule has 144 valence electrons. The lowest BCUT2D eigenvalue weighted by Gasteiger charge is -2.20. The van der Waals surface area contributed by atoms with Crippen molar-refractivity contribution in [2.45, 2.75) is 19.4 Å². The van der Waals surface area contributed by atoms with Gasteiger partial charge in [0.1, 0.15) is 11.6 Å². The number of hydrogen-bond donors (Lipinski definition) is 1. The van der Waals surface area contributed by atoms with Crippen LogP contribution in [0.15, 0.2) is 42.5 Å². The van der Waals surface area contributed by atoms with E-state index in [0.29, 0.717) is 41.2 Å². The van der Waals surface area contributed by atoms with E-state index >= 15 is 0 Å². The zero-order valence-corrected chi connectivity index (χ0v) is 15.1. The molecule has 4 rings (SSSR count). The zero-order chi connectivity index (χ0) is 19.5. The van der Waals surface area contributed by atoms with Crippen molar-refractivity contribution in [3.63, 3.8) is 0 Å². The van der Waals surface area contributed by atoms with Crippen molar-refractivity contribution in [2.75, 3.05) is 23.6 Å². The first-order valence-corrected chi connectivity index (χ1v) is 9.03. The van der Waals surface area contributed by atoms with Crippen LogP contribution in [0.5, 0.6) is 5.75 Å². The van der Waals surface area contributed by atoms with Crippen molar-refractivity contribution < 1.29 is 23.5 Å². The molecule has 0 atom stereocenters. The zero-order valence-electron chi connectivity index (χ0n) is 15.1. The van der Waals surface area contributed by atoms with Crippen LogP contribution in [-0.4, -0.2) is 25.2 Å². The molecule has 2 aliphatic heterocycles. The van der Waals surface area contributed by atoms with E-state index in [2.05, 4.69) is 5.32 Å². The molecule has 0 saturated carbocycles. The first kappa shape index (κ1) is 18.2. The monoisotopic (exact) mass is 382 g/mol. The van der Waals surface area contributed by atoms with Crippen LogP contribution in [-0.2, 0) is 20.9 Å². The highest BCUT2D eigenvalue weighted by molar-refractivity contribution is 6.06. The maximum absolute atomic E-state index is 13.8. The van der Waals surface area contributed by atoms with Crippen molar-refractivity contribution in [3.05, 3.63) is 59.4 Å². The molecule has 0 unspecified atom stereocenters. The van der Waals surface area contributed by atoms with Gasteiger partial charge in [0.15, 0.2) is 6.79 Å². The molecule has 6 nitrogen and oxygen atoms in total. The van der Waals surface area contributed by atoms with Gasteiger partial charge in [0.25, 0.3) is 0 Å². The van der Waals surface area contributed by atoms with E-state index in [1.165, 1.54) is 24.3 Å². The summed E-state index contributed by atoms with van der Waals surface area (Å²) in [6.07, 6.45) is 4.13. The van der Waals surface area contributed by atoms with Crippen molar-refractivity contribution in [1.82, 2.24) is 0 Å². The van der Waals surface area contributed by atoms with Crippen molar-refractivity contribution in [1.29, 1.82) is 0 Å². The molecule has 0 radical (unpaired) electrons. The van der Waals surface area contributed by atoms with Crippen molar-refractivity contribution in [2.24, 2.45) is 0 Å². The van der Waals surface area contributed by atoms with Crippen LogP contribution in [0.4, 0.5) is 15.8 Å². The number of carbonyl (C=O) groups is 2. The molecule has 1 saturated heterocycles. The van der Waals surface area contributed by atoms with Gasteiger partial charge in [0.05, 0.1) is 18.0 Å². The third kappa shape index (κ3) is 3.75. The summed E-state index contributed by atoms with van der Waals surface area (Å²) in [7, 11) is 0. The predicted molar refractivity (Wildman–Crippen MR) is 102 cm³/mol. The second kappa shape index (κ2) is 7.82. The van der Waals surface area contributed by atoms with Gasteiger partial charge in [0.2, 0.25) is 11.8 Å². The summed E-state index contributed by atoms with van der Waals surface area (Å²) in [6, 6.07) is 9.83. The van der Waals surface area contributed by atoms with Crippen LogP contribution in [0, 0.1) is 5.82 Å². The van der Waals surface area contributed by atoms with Gasteiger partial charge in [-0.25, -0.2) is 4.39 Å². The topological polar surface area (TPSA) is 67.9 Å². The molecule has 2 aromatic carbocycles. The van der Waals surface area contributed by atoms with Gasteiger partial charge in [0, 0.05) is 30.2 Å². The SMILES string of the molecule is O=C(C=Cc1cc(F)cc2c1OCOC2)Nc1ccccc1N1CCCC1=O. The Morgan fingerprint density at radius 2 is 2.11 bits per heavy atom. The first-order chi connectivity index (χ1) is 13.6. The quantitative estimate of drug-likeness (QED) is 0.823. The van der Waals surface area contributed by atoms with E-state index in [0.717, 1.165) is 6.42 Å². The van der Waals surface area contributed by atoms with E-state index in [1.54, 1.807) is 23.1 Å². The summed E-state index contributed by atoms with van der Waals surface area (Å²) in [4.78, 5) is 26.1. The maximum Gasteiger partial charge on any atom is 0.248 e. The minimum atomic E-state index is -0.425. The Morgan fingerprint density at radius 3 is 2.93 bits per heavy atom. The number of carbonyl (C=O) groups excluding carboxylic acids is 2. The molecule has 7 heteroatoms. The lowest BCUT2D eigenvalue weighted by atomic mass is 10.1. The van der Waals surface area contributed by atoms with Crippen molar-refractivity contribution >= 4 is 29.3 Å². The number of benzene rings is 2. The van der Waals surface area contributed by atoms with E-state index in [9.17, 15) is 14.0 Å². The Kier molecular flexibility index (Phi) is 5.08. The van der Waals surface area contributed by atoms with Crippen LogP contribution in [0.25, 0.3) is 6.08 Å². The Labute approximate surface area is 161 Å². The van der Waals surface area contributed by atoms with Gasteiger partial charge in [-0.3, -0.25) is 9.59 Å². The Hall–Kier alpha value is -3.19. The average molecular weight is 382 g/mol. The summed E-state index contributed by atoms with van der Waals surface area (Å²) < 4.78 is 24.4. The number of ether oxygens (including phenoxy) is 2. The van der Waals surface area contributed by atoms with Gasteiger partial charge in [-0.2, -0.15) is 0 Å². The van der Waals surface area contributed by atoms with E-state index in [1.807, 2.05) is 6.07 Å². The fourth-order valence-corrected chi connectivity index (χ4v) is 3.39. The Bertz CT molecular complexity index is 957. The van der Waals surface area contributed by atoms with Crippen LogP contribution in [0.1, 0.15) is 24.0 Å². The molecular weight excluding hydrogens is 363 g/mol. The van der Waals surface area contributed by atoms with Crippen LogP contribution < -0.4 is 15.0 Å². The second-order valence-electron chi connectivity index (χ2n) is 6.58. The summed E-state index contributed by atoms with van der Waals surface area (Å²) >= 11 is 0. The lowest BCUT2D eigenvalue weighted by Crippen LogP contribution is -2.25. The number of rotatable bonds is 4. The molecule has 1 fully saturated rings. The summed E-state index contributed by atoms with van der Waals surface area (Å²) in [5.74, 6) is -0.252. The number of amides is 2. The molecule has 0 aromatic heterocycles. The second-order valence-corrected chi connectivity index (χ2v) is 6.58. The van der Waals surface area contributed by atoms with Gasteiger partial charge >= 0.3 is 0 Å². The standard InChI is InChI=1S/C21H19FN2O4/c22-16-10-14(21-15(11-16)12-27-13-28-21)7-8-19(25)23-17-4-1-2-5-18(17)24-9-3-6-20(24)26/h1-2,4-5,7-8,10-11H,3,6,9,12-13H2,(H,23,25). The number of anilines is 2.